The maximum absolute atomic E-state index is 13.1. The van der Waals surface area contributed by atoms with Crippen LogP contribution in [0.25, 0.3) is 5.78 Å². The summed E-state index contributed by atoms with van der Waals surface area (Å²) in [6, 6.07) is 1.98. The summed E-state index contributed by atoms with van der Waals surface area (Å²) < 4.78 is 46.4. The van der Waals surface area contributed by atoms with Gasteiger partial charge in [-0.2, -0.15) is 22.7 Å². The SMILES string of the molecule is CCOC1CC(N(C)c2cc(C)nc3nc(C(F)(F)F)nn23)C12CCCC2. The third kappa shape index (κ3) is 2.86. The zero-order valence-electron chi connectivity index (χ0n) is 15.8. The Morgan fingerprint density at radius 2 is 2.00 bits per heavy atom. The van der Waals surface area contributed by atoms with Gasteiger partial charge in [0.25, 0.3) is 11.6 Å². The van der Waals surface area contributed by atoms with Gasteiger partial charge in [0, 0.05) is 36.9 Å². The first-order valence-corrected chi connectivity index (χ1v) is 9.42. The molecule has 148 valence electrons. The van der Waals surface area contributed by atoms with Crippen molar-refractivity contribution in [2.75, 3.05) is 18.6 Å². The predicted molar refractivity (Wildman–Crippen MR) is 93.6 cm³/mol. The molecule has 2 aliphatic carbocycles. The van der Waals surface area contributed by atoms with Crippen LogP contribution in [0, 0.1) is 12.3 Å². The summed E-state index contributed by atoms with van der Waals surface area (Å²) in [7, 11) is 1.93. The Morgan fingerprint density at radius 1 is 1.30 bits per heavy atom. The summed E-state index contributed by atoms with van der Waals surface area (Å²) >= 11 is 0. The Kier molecular flexibility index (Phi) is 4.32. The summed E-state index contributed by atoms with van der Waals surface area (Å²) in [5.74, 6) is -0.594. The van der Waals surface area contributed by atoms with Crippen LogP contribution in [0.15, 0.2) is 6.07 Å². The van der Waals surface area contributed by atoms with E-state index < -0.39 is 12.0 Å². The molecule has 0 aromatic carbocycles. The van der Waals surface area contributed by atoms with Crippen molar-refractivity contribution in [2.45, 2.75) is 64.3 Å². The van der Waals surface area contributed by atoms with Crippen LogP contribution in [0.5, 0.6) is 0 Å². The van der Waals surface area contributed by atoms with Crippen LogP contribution in [-0.4, -0.2) is 45.4 Å². The summed E-state index contributed by atoms with van der Waals surface area (Å²) in [6.07, 6.45) is 1.00. The summed E-state index contributed by atoms with van der Waals surface area (Å²) in [5.41, 5.74) is 0.688. The number of fused-ring (bicyclic) bond motifs is 1. The number of aryl methyl sites for hydroxylation is 1. The van der Waals surface area contributed by atoms with Gasteiger partial charge in [0.2, 0.25) is 0 Å². The van der Waals surface area contributed by atoms with E-state index in [2.05, 4.69) is 20.0 Å². The molecule has 0 N–H and O–H groups in total. The number of nitrogens with zero attached hydrogens (tertiary/aromatic N) is 5. The van der Waals surface area contributed by atoms with Crippen molar-refractivity contribution in [3.05, 3.63) is 17.6 Å². The highest BCUT2D eigenvalue weighted by atomic mass is 19.4. The topological polar surface area (TPSA) is 55.5 Å². The number of hydrogen-bond acceptors (Lipinski definition) is 5. The molecule has 9 heteroatoms. The van der Waals surface area contributed by atoms with Crippen molar-refractivity contribution in [1.29, 1.82) is 0 Å². The molecule has 4 rings (SSSR count). The molecule has 1 spiro atoms. The third-order valence-corrected chi connectivity index (χ3v) is 6.15. The van der Waals surface area contributed by atoms with E-state index in [0.29, 0.717) is 18.1 Å². The lowest BCUT2D eigenvalue weighted by Crippen LogP contribution is -2.63. The Bertz CT molecular complexity index is 843. The minimum atomic E-state index is -4.60. The largest absolute Gasteiger partial charge is 0.453 e. The normalized spacial score (nSPS) is 24.5. The number of aromatic nitrogens is 4. The van der Waals surface area contributed by atoms with Crippen molar-refractivity contribution in [2.24, 2.45) is 5.41 Å². The molecular weight excluding hydrogens is 359 g/mol. The Labute approximate surface area is 155 Å². The Hall–Kier alpha value is -1.90. The van der Waals surface area contributed by atoms with E-state index in [4.69, 9.17) is 4.74 Å². The highest BCUT2D eigenvalue weighted by molar-refractivity contribution is 5.49. The maximum Gasteiger partial charge on any atom is 0.453 e. The van der Waals surface area contributed by atoms with Gasteiger partial charge in [-0.3, -0.25) is 0 Å². The summed E-state index contributed by atoms with van der Waals surface area (Å²) in [6.45, 7) is 4.44. The Morgan fingerprint density at radius 3 is 2.63 bits per heavy atom. The molecule has 2 aromatic heterocycles. The van der Waals surface area contributed by atoms with Gasteiger partial charge in [0.15, 0.2) is 0 Å². The minimum absolute atomic E-state index is 0.0228. The first kappa shape index (κ1) is 18.5. The number of hydrogen-bond donors (Lipinski definition) is 0. The standard InChI is InChI=1S/C18H24F3N5O/c1-4-27-13-10-12(17(13)7-5-6-8-17)25(3)14-9-11(2)22-16-23-15(18(19,20)21)24-26(14)16/h9,12-13H,4-8,10H2,1-3H3. The van der Waals surface area contributed by atoms with Crippen molar-refractivity contribution in [3.8, 4) is 0 Å². The molecule has 27 heavy (non-hydrogen) atoms. The lowest BCUT2D eigenvalue weighted by Gasteiger charge is -2.57. The zero-order chi connectivity index (χ0) is 19.4. The molecule has 2 saturated carbocycles. The van der Waals surface area contributed by atoms with Gasteiger partial charge in [-0.25, -0.2) is 4.98 Å². The molecule has 2 unspecified atom stereocenters. The number of anilines is 1. The molecule has 2 aliphatic rings. The number of ether oxygens (including phenoxy) is 1. The van der Waals surface area contributed by atoms with Crippen LogP contribution < -0.4 is 4.90 Å². The molecule has 2 aromatic rings. The fourth-order valence-corrected chi connectivity index (χ4v) is 4.89. The van der Waals surface area contributed by atoms with Gasteiger partial charge >= 0.3 is 6.18 Å². The molecule has 0 radical (unpaired) electrons. The molecule has 2 fully saturated rings. The number of alkyl halides is 3. The van der Waals surface area contributed by atoms with Gasteiger partial charge in [0.05, 0.1) is 6.10 Å². The second-order valence-corrected chi connectivity index (χ2v) is 7.65. The van der Waals surface area contributed by atoms with Crippen molar-refractivity contribution in [1.82, 2.24) is 19.6 Å². The van der Waals surface area contributed by atoms with Gasteiger partial charge in [-0.1, -0.05) is 12.8 Å². The highest BCUT2D eigenvalue weighted by Gasteiger charge is 2.58. The lowest BCUT2D eigenvalue weighted by molar-refractivity contribution is -0.144. The van der Waals surface area contributed by atoms with Crippen molar-refractivity contribution in [3.63, 3.8) is 0 Å². The van der Waals surface area contributed by atoms with E-state index in [1.165, 1.54) is 17.4 Å². The third-order valence-electron chi connectivity index (χ3n) is 6.15. The van der Waals surface area contributed by atoms with E-state index in [9.17, 15) is 13.2 Å². The van der Waals surface area contributed by atoms with Gasteiger partial charge in [-0.15, -0.1) is 5.10 Å². The maximum atomic E-state index is 13.1. The van der Waals surface area contributed by atoms with E-state index in [-0.39, 0.29) is 23.3 Å². The Balaban J connectivity index is 1.72. The van der Waals surface area contributed by atoms with Crippen LogP contribution in [0.2, 0.25) is 0 Å². The molecule has 2 atom stereocenters. The van der Waals surface area contributed by atoms with Crippen molar-refractivity contribution < 1.29 is 17.9 Å². The van der Waals surface area contributed by atoms with Crippen LogP contribution >= 0.6 is 0 Å². The first-order chi connectivity index (χ1) is 12.8. The monoisotopic (exact) mass is 383 g/mol. The summed E-state index contributed by atoms with van der Waals surface area (Å²) in [5, 5.41) is 3.70. The molecular formula is C18H24F3N5O. The highest BCUT2D eigenvalue weighted by Crippen LogP contribution is 2.57. The van der Waals surface area contributed by atoms with E-state index >= 15 is 0 Å². The predicted octanol–water partition coefficient (Wildman–Crippen LogP) is 3.63. The first-order valence-electron chi connectivity index (χ1n) is 9.42. The minimum Gasteiger partial charge on any atom is -0.378 e. The van der Waals surface area contributed by atoms with E-state index in [1.807, 2.05) is 14.0 Å². The lowest BCUT2D eigenvalue weighted by atomic mass is 9.60. The van der Waals surface area contributed by atoms with Gasteiger partial charge < -0.3 is 9.64 Å². The van der Waals surface area contributed by atoms with Gasteiger partial charge in [0.1, 0.15) is 5.82 Å². The zero-order valence-corrected chi connectivity index (χ0v) is 15.8. The molecule has 2 heterocycles. The van der Waals surface area contributed by atoms with E-state index in [0.717, 1.165) is 19.3 Å². The quantitative estimate of drug-likeness (QED) is 0.807. The summed E-state index contributed by atoms with van der Waals surface area (Å²) in [4.78, 5) is 9.77. The second-order valence-electron chi connectivity index (χ2n) is 7.65. The van der Waals surface area contributed by atoms with Gasteiger partial charge in [-0.05, 0) is 33.1 Å². The van der Waals surface area contributed by atoms with Crippen LogP contribution in [0.1, 0.15) is 50.5 Å². The molecule has 6 nitrogen and oxygen atoms in total. The van der Waals surface area contributed by atoms with E-state index in [1.54, 1.807) is 13.0 Å². The van der Waals surface area contributed by atoms with Crippen LogP contribution in [0.3, 0.4) is 0 Å². The fourth-order valence-electron chi connectivity index (χ4n) is 4.89. The molecule has 0 aliphatic heterocycles. The van der Waals surface area contributed by atoms with Crippen LogP contribution in [0.4, 0.5) is 19.0 Å². The average molecular weight is 383 g/mol. The van der Waals surface area contributed by atoms with Crippen molar-refractivity contribution >= 4 is 11.6 Å². The molecule has 0 amide bonds. The smallest absolute Gasteiger partial charge is 0.378 e. The fraction of sp³-hybridized carbons (Fsp3) is 0.722. The number of halogens is 3. The molecule has 0 saturated heterocycles. The average Bonchev–Trinajstić information content (AvgIpc) is 3.24. The molecule has 0 bridgehead atoms. The second kappa shape index (κ2) is 6.32. The number of rotatable bonds is 4. The van der Waals surface area contributed by atoms with Crippen LogP contribution in [-0.2, 0) is 10.9 Å².